The fourth-order valence-corrected chi connectivity index (χ4v) is 4.60. The summed E-state index contributed by atoms with van der Waals surface area (Å²) in [5.41, 5.74) is 3.37. The van der Waals surface area contributed by atoms with Gasteiger partial charge in [-0.3, -0.25) is 9.59 Å². The molecule has 2 aromatic carbocycles. The van der Waals surface area contributed by atoms with Gasteiger partial charge in [-0.25, -0.2) is 0 Å². The van der Waals surface area contributed by atoms with Crippen LogP contribution < -0.4 is 10.6 Å². The average Bonchev–Trinajstić information content (AvgIpc) is 3.02. The molecule has 2 saturated heterocycles. The molecule has 0 saturated carbocycles. The Bertz CT molecular complexity index is 1280. The van der Waals surface area contributed by atoms with Gasteiger partial charge in [0.1, 0.15) is 0 Å². The summed E-state index contributed by atoms with van der Waals surface area (Å²) in [5.74, 6) is -0.615. The number of nitrogens with one attached hydrogen (secondary N) is 2. The molecule has 0 bridgehead atoms. The summed E-state index contributed by atoms with van der Waals surface area (Å²) in [5, 5.41) is 13.0. The number of hydrogen-bond donors (Lipinski definition) is 2. The Labute approximate surface area is 332 Å². The molecule has 2 aliphatic heterocycles. The number of amides is 4. The summed E-state index contributed by atoms with van der Waals surface area (Å²) >= 11 is 0. The van der Waals surface area contributed by atoms with Gasteiger partial charge < -0.3 is 30.9 Å². The molecule has 50 heavy (non-hydrogen) atoms. The van der Waals surface area contributed by atoms with Crippen LogP contribution in [-0.2, 0) is 58.1 Å². The van der Waals surface area contributed by atoms with Crippen LogP contribution in [0.5, 0.6) is 0 Å². The minimum absolute atomic E-state index is 0. The van der Waals surface area contributed by atoms with E-state index in [1.54, 1.807) is 24.3 Å². The van der Waals surface area contributed by atoms with Crippen molar-refractivity contribution in [3.05, 3.63) is 94.2 Å². The van der Waals surface area contributed by atoms with Crippen LogP contribution >= 0.6 is 0 Å². The number of rotatable bonds is 6. The first kappa shape index (κ1) is 51.8. The van der Waals surface area contributed by atoms with Crippen LogP contribution in [0.4, 0.5) is 0 Å². The Morgan fingerprint density at radius 1 is 0.900 bits per heavy atom. The van der Waals surface area contributed by atoms with Crippen molar-refractivity contribution >= 4 is 23.6 Å². The zero-order chi connectivity index (χ0) is 35.5. The third-order valence-corrected chi connectivity index (χ3v) is 7.19. The molecular weight excluding hydrogens is 968 g/mol. The van der Waals surface area contributed by atoms with E-state index in [0.717, 1.165) is 44.2 Å². The maximum Gasteiger partial charge on any atom is 2.00 e. The Morgan fingerprint density at radius 2 is 1.54 bits per heavy atom. The molecule has 2 heterocycles. The van der Waals surface area contributed by atoms with Crippen LogP contribution in [0.3, 0.4) is 0 Å². The first-order chi connectivity index (χ1) is 22.1. The van der Waals surface area contributed by atoms with Gasteiger partial charge in [0.2, 0.25) is 11.8 Å². The second kappa shape index (κ2) is 27.1. The van der Waals surface area contributed by atoms with E-state index in [9.17, 15) is 19.2 Å². The number of carbonyl (C=O) groups is 4. The first-order valence-corrected chi connectivity index (χ1v) is 16.7. The molecule has 276 valence electrons. The molecule has 2 fully saturated rings. The van der Waals surface area contributed by atoms with Gasteiger partial charge in [-0.1, -0.05) is 88.2 Å². The van der Waals surface area contributed by atoms with E-state index in [1.807, 2.05) is 18.2 Å². The Hall–Kier alpha value is -2.56. The van der Waals surface area contributed by atoms with Gasteiger partial charge >= 0.3 is 42.1 Å². The fourth-order valence-electron chi connectivity index (χ4n) is 4.60. The number of hydrogen-bond acceptors (Lipinski definition) is 4. The Kier molecular flexibility index (Phi) is 28.1. The molecule has 2 N–H and O–H groups in total. The average molecular weight is 1030 g/mol. The van der Waals surface area contributed by atoms with Crippen LogP contribution in [0, 0.1) is 23.0 Å². The molecule has 0 aliphatic carbocycles. The van der Waals surface area contributed by atoms with E-state index in [-0.39, 0.29) is 78.6 Å². The quantitative estimate of drug-likeness (QED) is 0.281. The van der Waals surface area contributed by atoms with Crippen molar-refractivity contribution in [2.75, 3.05) is 13.6 Å². The molecule has 0 radical (unpaired) electrons. The second-order valence-corrected chi connectivity index (χ2v) is 14.1. The van der Waals surface area contributed by atoms with Crippen LogP contribution in [0.2, 0.25) is 0 Å². The van der Waals surface area contributed by atoms with Gasteiger partial charge in [-0.05, 0) is 54.4 Å². The minimum Gasteiger partial charge on any atom is -0.697 e. The molecule has 1 atom stereocenters. The van der Waals surface area contributed by atoms with E-state index in [4.69, 9.17) is 0 Å². The summed E-state index contributed by atoms with van der Waals surface area (Å²) in [6, 6.07) is 17.7. The van der Waals surface area contributed by atoms with Crippen LogP contribution in [-0.4, -0.2) is 43.3 Å². The smallest absolute Gasteiger partial charge is 0.697 e. The monoisotopic (exact) mass is 1030 g/mol. The fraction of sp³-hybridized carbons (Fsp3) is 0.550. The number of carbonyl (C=O) groups excluding carboxylic acids is 4. The summed E-state index contributed by atoms with van der Waals surface area (Å²) in [6.07, 6.45) is 8.57. The summed E-state index contributed by atoms with van der Waals surface area (Å²) in [7, 11) is 1.48. The van der Waals surface area contributed by atoms with Crippen molar-refractivity contribution in [2.24, 2.45) is 10.8 Å². The maximum atomic E-state index is 12.5. The molecule has 10 heteroatoms. The van der Waals surface area contributed by atoms with Gasteiger partial charge in [0, 0.05) is 18.7 Å². The molecular formula is C40H60N4O4W2. The normalized spacial score (nSPS) is 15.0. The molecule has 0 aromatic heterocycles. The van der Waals surface area contributed by atoms with E-state index in [0.29, 0.717) is 35.1 Å². The van der Waals surface area contributed by atoms with Gasteiger partial charge in [-0.15, -0.1) is 78.3 Å². The van der Waals surface area contributed by atoms with E-state index in [2.05, 4.69) is 88.4 Å². The standard InChI is InChI=1S/C19H25N2O2.C8H8NO.C7H16.C5H9NO.CH4.2W/c1-13-9-10-16(18(23)20-13)21-17(22)15-8-6-5-7-14(15)11-12-19(2,3)4;1-9-8(10)7-5-3-2-4-6-7;1-5-6-7(2,3)4;7-5-3-1-2-4-6-5;;;/h5-7,16H,1,9-12H2,2-4H3,(H2,20,21,22,23);2-5H,1H3,(H,9,10);5-6H2,1-4H3;1-4H2,(H,6,7);1H4;;/q2*-1;;;;2*+2/p-2. The van der Waals surface area contributed by atoms with Gasteiger partial charge in [0.15, 0.2) is 0 Å². The zero-order valence-corrected chi connectivity index (χ0v) is 36.6. The molecule has 2 aliphatic rings. The summed E-state index contributed by atoms with van der Waals surface area (Å²) in [6.45, 7) is 20.2. The third-order valence-electron chi connectivity index (χ3n) is 7.19. The predicted molar refractivity (Wildman–Crippen MR) is 198 cm³/mol. The maximum absolute atomic E-state index is 12.5. The van der Waals surface area contributed by atoms with Crippen LogP contribution in [0.15, 0.2) is 54.7 Å². The van der Waals surface area contributed by atoms with E-state index in [1.165, 1.54) is 19.9 Å². The second-order valence-electron chi connectivity index (χ2n) is 14.1. The van der Waals surface area contributed by atoms with Crippen molar-refractivity contribution in [1.82, 2.24) is 10.6 Å². The van der Waals surface area contributed by atoms with E-state index >= 15 is 0 Å². The molecule has 2 aromatic rings. The Balaban J connectivity index is -0.000000677. The first-order valence-electron chi connectivity index (χ1n) is 16.7. The third kappa shape index (κ3) is 23.8. The van der Waals surface area contributed by atoms with Crippen molar-refractivity contribution in [3.63, 3.8) is 0 Å². The number of nitrogens with zero attached hydrogens (tertiary/aromatic N) is 2. The number of aryl methyl sites for hydroxylation is 1. The van der Waals surface area contributed by atoms with Crippen LogP contribution in [0.25, 0.3) is 10.6 Å². The van der Waals surface area contributed by atoms with Gasteiger partial charge in [0.25, 0.3) is 0 Å². The topological polar surface area (TPSA) is 121 Å². The van der Waals surface area contributed by atoms with Gasteiger partial charge in [0.05, 0.1) is 0 Å². The van der Waals surface area contributed by atoms with Crippen molar-refractivity contribution in [2.45, 2.75) is 120 Å². The van der Waals surface area contributed by atoms with Crippen molar-refractivity contribution in [3.8, 4) is 0 Å². The predicted octanol–water partition coefficient (Wildman–Crippen LogP) is 9.15. The summed E-state index contributed by atoms with van der Waals surface area (Å²) < 4.78 is 0. The number of allylic oxidation sites excluding steroid dienone is 1. The largest absolute Gasteiger partial charge is 2.00 e. The molecule has 4 rings (SSSR count). The Morgan fingerprint density at radius 3 is 1.98 bits per heavy atom. The van der Waals surface area contributed by atoms with E-state index < -0.39 is 6.04 Å². The van der Waals surface area contributed by atoms with Gasteiger partial charge in [-0.2, -0.15) is 0 Å². The molecule has 4 amide bonds. The number of piperidine rings is 2. The number of benzene rings is 2. The van der Waals surface area contributed by atoms with Crippen molar-refractivity contribution in [1.29, 1.82) is 0 Å². The molecule has 0 spiro atoms. The summed E-state index contributed by atoms with van der Waals surface area (Å²) in [4.78, 5) is 45.5. The zero-order valence-electron chi connectivity index (χ0n) is 30.7. The SMILES string of the molecule is C.C=C1CCC([N-]C(=O)c2[c-]cccc2CCC(C)(C)C)C(=O)N1.CCCC(C)(C)C.C[N-]C(=O)c1[c-]cccc1.O=C1CCCCN1.[W+2].[W+2]. The minimum atomic E-state index is -0.628. The van der Waals surface area contributed by atoms with Crippen molar-refractivity contribution < 1.29 is 61.3 Å². The molecule has 8 nitrogen and oxygen atoms in total. The molecule has 1 unspecified atom stereocenters. The van der Waals surface area contributed by atoms with Crippen LogP contribution in [0.1, 0.15) is 134 Å².